The van der Waals surface area contributed by atoms with Crippen LogP contribution in [0.4, 0.5) is 22.0 Å². The Morgan fingerprint density at radius 1 is 1.44 bits per heavy atom. The first-order valence-corrected chi connectivity index (χ1v) is 4.51. The molecular formula is C9H7F5N2O2. The Morgan fingerprint density at radius 2 is 2.06 bits per heavy atom. The minimum absolute atomic E-state index is 0.127. The van der Waals surface area contributed by atoms with E-state index in [2.05, 4.69) is 9.72 Å². The Bertz CT molecular complexity index is 447. The van der Waals surface area contributed by atoms with E-state index in [1.807, 2.05) is 0 Å². The Morgan fingerprint density at radius 3 is 2.44 bits per heavy atom. The van der Waals surface area contributed by atoms with Crippen molar-refractivity contribution in [3.63, 3.8) is 0 Å². The van der Waals surface area contributed by atoms with Crippen molar-refractivity contribution in [1.82, 2.24) is 4.98 Å². The van der Waals surface area contributed by atoms with Gasteiger partial charge in [0.1, 0.15) is 11.4 Å². The van der Waals surface area contributed by atoms with E-state index in [4.69, 9.17) is 5.73 Å². The van der Waals surface area contributed by atoms with E-state index in [9.17, 15) is 26.7 Å². The molecule has 0 unspecified atom stereocenters. The van der Waals surface area contributed by atoms with Crippen molar-refractivity contribution in [3.05, 3.63) is 23.0 Å². The fourth-order valence-corrected chi connectivity index (χ4v) is 1.22. The van der Waals surface area contributed by atoms with Crippen LogP contribution < -0.4 is 10.5 Å². The van der Waals surface area contributed by atoms with Crippen molar-refractivity contribution >= 4 is 6.29 Å². The number of hydrogen-bond donors (Lipinski definition) is 1. The van der Waals surface area contributed by atoms with Crippen molar-refractivity contribution in [2.45, 2.75) is 19.3 Å². The highest BCUT2D eigenvalue weighted by Crippen LogP contribution is 2.34. The Hall–Kier alpha value is -1.77. The highest BCUT2D eigenvalue weighted by molar-refractivity contribution is 5.73. The van der Waals surface area contributed by atoms with Crippen LogP contribution in [0, 0.1) is 0 Å². The van der Waals surface area contributed by atoms with E-state index < -0.39 is 36.5 Å². The second-order valence-corrected chi connectivity index (χ2v) is 3.09. The molecule has 0 saturated carbocycles. The van der Waals surface area contributed by atoms with Crippen molar-refractivity contribution in [2.75, 3.05) is 0 Å². The van der Waals surface area contributed by atoms with Crippen molar-refractivity contribution < 1.29 is 31.5 Å². The number of carbonyl (C=O) groups excluding carboxylic acids is 1. The summed E-state index contributed by atoms with van der Waals surface area (Å²) in [6.07, 6.45) is -8.35. The second-order valence-electron chi connectivity index (χ2n) is 3.09. The van der Waals surface area contributed by atoms with Gasteiger partial charge >= 0.3 is 6.36 Å². The molecule has 1 heterocycles. The molecule has 9 heteroatoms. The Balaban J connectivity index is 3.39. The molecule has 0 fully saturated rings. The van der Waals surface area contributed by atoms with Gasteiger partial charge in [0.25, 0.3) is 6.43 Å². The van der Waals surface area contributed by atoms with Gasteiger partial charge in [0.15, 0.2) is 12.0 Å². The molecule has 0 atom stereocenters. The maximum absolute atomic E-state index is 12.6. The number of hydrogen-bond acceptors (Lipinski definition) is 4. The summed E-state index contributed by atoms with van der Waals surface area (Å²) in [6, 6.07) is 0.861. The van der Waals surface area contributed by atoms with Gasteiger partial charge in [-0.3, -0.25) is 4.79 Å². The van der Waals surface area contributed by atoms with Gasteiger partial charge in [-0.05, 0) is 6.07 Å². The van der Waals surface area contributed by atoms with Crippen LogP contribution >= 0.6 is 0 Å². The zero-order valence-electron chi connectivity index (χ0n) is 8.67. The second kappa shape index (κ2) is 5.25. The molecule has 0 spiro atoms. The standard InChI is InChI=1S/C9H7F5N2O2/c10-8(11)6-7(18-9(12,13)14)4(2-15)1-5(3-17)16-6/h1,3,8H,2,15H2. The molecule has 0 radical (unpaired) electrons. The van der Waals surface area contributed by atoms with Gasteiger partial charge in [-0.1, -0.05) is 0 Å². The number of ether oxygens (including phenoxy) is 1. The number of alkyl halides is 5. The molecule has 18 heavy (non-hydrogen) atoms. The molecule has 2 N–H and O–H groups in total. The van der Waals surface area contributed by atoms with Gasteiger partial charge in [0, 0.05) is 12.1 Å². The SMILES string of the molecule is NCc1cc(C=O)nc(C(F)F)c1OC(F)(F)F. The summed E-state index contributed by atoms with van der Waals surface area (Å²) in [6.45, 7) is -0.505. The Kier molecular flexibility index (Phi) is 4.17. The van der Waals surface area contributed by atoms with Gasteiger partial charge in [0.2, 0.25) is 0 Å². The summed E-state index contributed by atoms with van der Waals surface area (Å²) < 4.78 is 64.8. The topological polar surface area (TPSA) is 65.2 Å². The van der Waals surface area contributed by atoms with Crippen molar-refractivity contribution in [1.29, 1.82) is 0 Å². The zero-order valence-corrected chi connectivity index (χ0v) is 8.67. The van der Waals surface area contributed by atoms with Crippen LogP contribution in [-0.2, 0) is 6.54 Å². The van der Waals surface area contributed by atoms with Gasteiger partial charge in [0.05, 0.1) is 0 Å². The highest BCUT2D eigenvalue weighted by atomic mass is 19.4. The maximum Gasteiger partial charge on any atom is 0.573 e. The van der Waals surface area contributed by atoms with E-state index >= 15 is 0 Å². The largest absolute Gasteiger partial charge is 0.573 e. The first kappa shape index (κ1) is 14.3. The number of carbonyl (C=O) groups is 1. The molecule has 1 rings (SSSR count). The summed E-state index contributed by atoms with van der Waals surface area (Å²) in [7, 11) is 0. The first-order valence-electron chi connectivity index (χ1n) is 4.51. The van der Waals surface area contributed by atoms with E-state index in [1.165, 1.54) is 0 Å². The van der Waals surface area contributed by atoms with Gasteiger partial charge in [-0.2, -0.15) is 0 Å². The highest BCUT2D eigenvalue weighted by Gasteiger charge is 2.35. The monoisotopic (exact) mass is 270 g/mol. The molecule has 0 aliphatic carbocycles. The lowest BCUT2D eigenvalue weighted by molar-refractivity contribution is -0.275. The predicted molar refractivity (Wildman–Crippen MR) is 49.2 cm³/mol. The maximum atomic E-state index is 12.6. The average Bonchev–Trinajstić information content (AvgIpc) is 2.26. The molecular weight excluding hydrogens is 263 g/mol. The van der Waals surface area contributed by atoms with Crippen LogP contribution in [0.25, 0.3) is 0 Å². The first-order chi connectivity index (χ1) is 8.28. The van der Waals surface area contributed by atoms with Crippen LogP contribution in [0.15, 0.2) is 6.07 Å². The van der Waals surface area contributed by atoms with Gasteiger partial charge < -0.3 is 10.5 Å². The third kappa shape index (κ3) is 3.36. The molecule has 100 valence electrons. The smallest absolute Gasteiger partial charge is 0.403 e. The lowest BCUT2D eigenvalue weighted by atomic mass is 10.1. The molecule has 0 aromatic carbocycles. The summed E-state index contributed by atoms with van der Waals surface area (Å²) in [5.74, 6) is -1.16. The van der Waals surface area contributed by atoms with Gasteiger partial charge in [-0.15, -0.1) is 13.2 Å². The number of nitrogens with zero attached hydrogens (tertiary/aromatic N) is 1. The van der Waals surface area contributed by atoms with Crippen LogP contribution in [0.3, 0.4) is 0 Å². The summed E-state index contributed by atoms with van der Waals surface area (Å²) in [5, 5.41) is 0. The number of aromatic nitrogens is 1. The molecule has 4 nitrogen and oxygen atoms in total. The van der Waals surface area contributed by atoms with E-state index in [0.29, 0.717) is 0 Å². The molecule has 1 aromatic heterocycles. The lowest BCUT2D eigenvalue weighted by Gasteiger charge is -2.16. The van der Waals surface area contributed by atoms with Crippen molar-refractivity contribution in [3.8, 4) is 5.75 Å². The number of rotatable bonds is 4. The normalized spacial score (nSPS) is 11.7. The molecule has 0 amide bonds. The van der Waals surface area contributed by atoms with E-state index in [-0.39, 0.29) is 11.8 Å². The fraction of sp³-hybridized carbons (Fsp3) is 0.333. The average molecular weight is 270 g/mol. The van der Waals surface area contributed by atoms with Crippen LogP contribution in [-0.4, -0.2) is 17.6 Å². The van der Waals surface area contributed by atoms with Crippen LogP contribution in [0.1, 0.15) is 28.2 Å². The molecule has 0 bridgehead atoms. The van der Waals surface area contributed by atoms with Crippen molar-refractivity contribution in [2.24, 2.45) is 5.73 Å². The minimum Gasteiger partial charge on any atom is -0.403 e. The zero-order chi connectivity index (χ0) is 13.9. The molecule has 0 saturated heterocycles. The number of halogens is 5. The quantitative estimate of drug-likeness (QED) is 0.672. The molecule has 1 aromatic rings. The summed E-state index contributed by atoms with van der Waals surface area (Å²) in [4.78, 5) is 13.5. The van der Waals surface area contributed by atoms with Gasteiger partial charge in [-0.25, -0.2) is 13.8 Å². The third-order valence-electron chi connectivity index (χ3n) is 1.86. The molecule has 0 aliphatic rings. The van der Waals surface area contributed by atoms with Crippen LogP contribution in [0.5, 0.6) is 5.75 Å². The fourth-order valence-electron chi connectivity index (χ4n) is 1.22. The number of pyridine rings is 1. The number of nitrogens with two attached hydrogens (primary N) is 1. The lowest BCUT2D eigenvalue weighted by Crippen LogP contribution is -2.21. The minimum atomic E-state index is -5.15. The molecule has 0 aliphatic heterocycles. The predicted octanol–water partition coefficient (Wildman–Crippen LogP) is 2.19. The summed E-state index contributed by atoms with van der Waals surface area (Å²) >= 11 is 0. The van der Waals surface area contributed by atoms with E-state index in [0.717, 1.165) is 6.07 Å². The Labute approximate surface area is 97.6 Å². The third-order valence-corrected chi connectivity index (χ3v) is 1.86. The van der Waals surface area contributed by atoms with Crippen LogP contribution in [0.2, 0.25) is 0 Å². The van der Waals surface area contributed by atoms with E-state index in [1.54, 1.807) is 0 Å². The number of aldehydes is 1. The summed E-state index contributed by atoms with van der Waals surface area (Å²) in [5.41, 5.74) is 3.04.